The van der Waals surface area contributed by atoms with Gasteiger partial charge in [-0.15, -0.1) is 0 Å². The van der Waals surface area contributed by atoms with Crippen LogP contribution in [-0.2, 0) is 0 Å². The van der Waals surface area contributed by atoms with Crippen molar-refractivity contribution in [3.63, 3.8) is 0 Å². The van der Waals surface area contributed by atoms with Crippen LogP contribution in [0.2, 0.25) is 0 Å². The van der Waals surface area contributed by atoms with Crippen LogP contribution in [-0.4, -0.2) is 11.1 Å². The Bertz CT molecular complexity index is 409. The SMILES string of the molecule is O=C(Nc1[c]cccc1)c1ccon1. The van der Waals surface area contributed by atoms with Gasteiger partial charge in [0.1, 0.15) is 6.26 Å². The van der Waals surface area contributed by atoms with Gasteiger partial charge in [0.15, 0.2) is 5.69 Å². The summed E-state index contributed by atoms with van der Waals surface area (Å²) >= 11 is 0. The first kappa shape index (κ1) is 8.50. The third-order valence-corrected chi connectivity index (χ3v) is 1.63. The lowest BCUT2D eigenvalue weighted by atomic mass is 10.3. The molecule has 4 nitrogen and oxygen atoms in total. The number of hydrogen-bond donors (Lipinski definition) is 1. The van der Waals surface area contributed by atoms with E-state index in [1.54, 1.807) is 12.1 Å². The Morgan fingerprint density at radius 2 is 2.36 bits per heavy atom. The number of nitrogens with zero attached hydrogens (tertiary/aromatic N) is 1. The molecule has 1 aromatic carbocycles. The number of benzene rings is 1. The molecule has 69 valence electrons. The van der Waals surface area contributed by atoms with Crippen molar-refractivity contribution in [3.05, 3.63) is 48.4 Å². The molecule has 2 rings (SSSR count). The number of nitrogens with one attached hydrogen (secondary N) is 1. The molecule has 1 radical (unpaired) electrons. The number of carbonyl (C=O) groups excluding carboxylic acids is 1. The number of aromatic nitrogens is 1. The van der Waals surface area contributed by atoms with Crippen molar-refractivity contribution in [2.24, 2.45) is 0 Å². The summed E-state index contributed by atoms with van der Waals surface area (Å²) in [4.78, 5) is 11.4. The zero-order chi connectivity index (χ0) is 9.80. The molecule has 0 spiro atoms. The second-order valence-corrected chi connectivity index (χ2v) is 2.62. The van der Waals surface area contributed by atoms with Crippen molar-refractivity contribution in [1.29, 1.82) is 0 Å². The molecule has 2 aromatic rings. The van der Waals surface area contributed by atoms with Gasteiger partial charge >= 0.3 is 0 Å². The van der Waals surface area contributed by atoms with E-state index in [2.05, 4.69) is 21.1 Å². The molecule has 0 aliphatic heterocycles. The highest BCUT2D eigenvalue weighted by Crippen LogP contribution is 2.06. The van der Waals surface area contributed by atoms with E-state index in [9.17, 15) is 4.79 Å². The highest BCUT2D eigenvalue weighted by molar-refractivity contribution is 6.02. The van der Waals surface area contributed by atoms with Crippen LogP contribution >= 0.6 is 0 Å². The van der Waals surface area contributed by atoms with Crippen LogP contribution in [0, 0.1) is 6.07 Å². The minimum Gasteiger partial charge on any atom is -0.364 e. The molecule has 1 amide bonds. The summed E-state index contributed by atoms with van der Waals surface area (Å²) in [5.41, 5.74) is 0.864. The number of carbonyl (C=O) groups is 1. The van der Waals surface area contributed by atoms with Crippen LogP contribution in [0.15, 0.2) is 41.1 Å². The maximum atomic E-state index is 11.4. The van der Waals surface area contributed by atoms with Crippen molar-refractivity contribution in [1.82, 2.24) is 5.16 Å². The number of hydrogen-bond acceptors (Lipinski definition) is 3. The Balaban J connectivity index is 2.10. The van der Waals surface area contributed by atoms with Crippen molar-refractivity contribution in [2.75, 3.05) is 5.32 Å². The van der Waals surface area contributed by atoms with Gasteiger partial charge in [0.25, 0.3) is 5.91 Å². The van der Waals surface area contributed by atoms with Crippen LogP contribution in [0.5, 0.6) is 0 Å². The first-order valence-electron chi connectivity index (χ1n) is 4.05. The molecule has 1 aromatic heterocycles. The van der Waals surface area contributed by atoms with Crippen LogP contribution in [0.4, 0.5) is 5.69 Å². The molecule has 0 bridgehead atoms. The van der Waals surface area contributed by atoms with E-state index in [0.717, 1.165) is 0 Å². The summed E-state index contributed by atoms with van der Waals surface area (Å²) in [6, 6.07) is 11.5. The van der Waals surface area contributed by atoms with E-state index in [1.165, 1.54) is 12.3 Å². The van der Waals surface area contributed by atoms with Gasteiger partial charge in [0.05, 0.1) is 0 Å². The number of para-hydroxylation sites is 1. The molecule has 1 N–H and O–H groups in total. The normalized spacial score (nSPS) is 9.71. The van der Waals surface area contributed by atoms with Crippen molar-refractivity contribution < 1.29 is 9.32 Å². The minimum atomic E-state index is -0.304. The fraction of sp³-hybridized carbons (Fsp3) is 0. The number of anilines is 1. The lowest BCUT2D eigenvalue weighted by Gasteiger charge is -2.00. The van der Waals surface area contributed by atoms with Crippen LogP contribution in [0.3, 0.4) is 0 Å². The van der Waals surface area contributed by atoms with Crippen molar-refractivity contribution >= 4 is 11.6 Å². The van der Waals surface area contributed by atoms with Gasteiger partial charge < -0.3 is 9.84 Å². The molecule has 4 heteroatoms. The van der Waals surface area contributed by atoms with Crippen molar-refractivity contribution in [3.8, 4) is 0 Å². The summed E-state index contributed by atoms with van der Waals surface area (Å²) in [6.07, 6.45) is 1.35. The minimum absolute atomic E-state index is 0.252. The van der Waals surface area contributed by atoms with Gasteiger partial charge in [-0.25, -0.2) is 0 Å². The highest BCUT2D eigenvalue weighted by Gasteiger charge is 2.08. The number of amides is 1. The van der Waals surface area contributed by atoms with Gasteiger partial charge in [-0.05, 0) is 6.07 Å². The molecule has 14 heavy (non-hydrogen) atoms. The molecule has 0 fully saturated rings. The molecule has 0 aliphatic carbocycles. The Morgan fingerprint density at radius 1 is 1.43 bits per heavy atom. The van der Waals surface area contributed by atoms with Gasteiger partial charge in [0, 0.05) is 17.8 Å². The largest absolute Gasteiger partial charge is 0.364 e. The van der Waals surface area contributed by atoms with E-state index in [4.69, 9.17) is 0 Å². The average molecular weight is 187 g/mol. The van der Waals surface area contributed by atoms with Crippen LogP contribution < -0.4 is 5.32 Å². The molecular formula is C10H7N2O2. The van der Waals surface area contributed by atoms with Crippen LogP contribution in [0.25, 0.3) is 0 Å². The smallest absolute Gasteiger partial charge is 0.277 e. The highest BCUT2D eigenvalue weighted by atomic mass is 16.5. The second-order valence-electron chi connectivity index (χ2n) is 2.62. The quantitative estimate of drug-likeness (QED) is 0.778. The lowest BCUT2D eigenvalue weighted by molar-refractivity contribution is 0.101. The zero-order valence-corrected chi connectivity index (χ0v) is 7.23. The Labute approximate surface area is 80.5 Å². The third-order valence-electron chi connectivity index (χ3n) is 1.63. The molecule has 0 atom stereocenters. The summed E-state index contributed by atoms with van der Waals surface area (Å²) in [6.45, 7) is 0. The van der Waals surface area contributed by atoms with E-state index in [1.807, 2.05) is 12.1 Å². The number of rotatable bonds is 2. The maximum absolute atomic E-state index is 11.4. The Morgan fingerprint density at radius 3 is 3.00 bits per heavy atom. The summed E-state index contributed by atoms with van der Waals surface area (Å²) in [7, 11) is 0. The van der Waals surface area contributed by atoms with Gasteiger partial charge in [-0.1, -0.05) is 23.4 Å². The third kappa shape index (κ3) is 1.80. The van der Waals surface area contributed by atoms with Gasteiger partial charge in [-0.2, -0.15) is 0 Å². The fourth-order valence-electron chi connectivity index (χ4n) is 0.987. The fourth-order valence-corrected chi connectivity index (χ4v) is 0.987. The first-order valence-corrected chi connectivity index (χ1v) is 4.05. The summed E-state index contributed by atoms with van der Waals surface area (Å²) in [5, 5.41) is 6.14. The topological polar surface area (TPSA) is 55.1 Å². The van der Waals surface area contributed by atoms with Gasteiger partial charge in [-0.3, -0.25) is 4.79 Å². The molecule has 1 heterocycles. The maximum Gasteiger partial charge on any atom is 0.277 e. The predicted octanol–water partition coefficient (Wildman–Crippen LogP) is 1.73. The standard InChI is InChI=1S/C10H7N2O2/c13-10(9-6-7-14-12-9)11-8-4-2-1-3-5-8/h1-4,6-7H,(H,11,13). The zero-order valence-electron chi connectivity index (χ0n) is 7.23. The Hall–Kier alpha value is -2.10. The van der Waals surface area contributed by atoms with Crippen LogP contribution in [0.1, 0.15) is 10.5 Å². The van der Waals surface area contributed by atoms with E-state index < -0.39 is 0 Å². The summed E-state index contributed by atoms with van der Waals surface area (Å²) in [5.74, 6) is -0.304. The first-order chi connectivity index (χ1) is 6.86. The summed E-state index contributed by atoms with van der Waals surface area (Å²) < 4.78 is 4.55. The predicted molar refractivity (Wildman–Crippen MR) is 49.7 cm³/mol. The van der Waals surface area contributed by atoms with E-state index in [0.29, 0.717) is 5.69 Å². The molecular weight excluding hydrogens is 180 g/mol. The Kier molecular flexibility index (Phi) is 2.27. The molecule has 0 aliphatic rings. The molecule has 0 unspecified atom stereocenters. The van der Waals surface area contributed by atoms with E-state index >= 15 is 0 Å². The van der Waals surface area contributed by atoms with E-state index in [-0.39, 0.29) is 11.6 Å². The second kappa shape index (κ2) is 3.74. The van der Waals surface area contributed by atoms with Gasteiger partial charge in [0.2, 0.25) is 0 Å². The monoisotopic (exact) mass is 187 g/mol. The average Bonchev–Trinajstić information content (AvgIpc) is 2.72. The van der Waals surface area contributed by atoms with Crippen molar-refractivity contribution in [2.45, 2.75) is 0 Å². The lowest BCUT2D eigenvalue weighted by Crippen LogP contribution is -2.11. The molecule has 0 saturated carbocycles. The molecule has 0 saturated heterocycles.